The Morgan fingerprint density at radius 2 is 1.84 bits per heavy atom. The third kappa shape index (κ3) is 4.31. The van der Waals surface area contributed by atoms with Crippen LogP contribution in [0.15, 0.2) is 30.3 Å². The molecule has 3 amide bonds. The van der Waals surface area contributed by atoms with Gasteiger partial charge in [0.1, 0.15) is 0 Å². The molecule has 1 saturated carbocycles. The van der Waals surface area contributed by atoms with E-state index < -0.39 is 0 Å². The number of urea groups is 1. The van der Waals surface area contributed by atoms with E-state index in [-0.39, 0.29) is 23.5 Å². The number of likely N-dealkylation sites (N-methyl/N-ethyl adjacent to an activating group) is 1. The second-order valence-electron chi connectivity index (χ2n) is 7.12. The number of rotatable bonds is 5. The number of nitrogens with one attached hydrogen (secondary N) is 3. The van der Waals surface area contributed by atoms with Crippen molar-refractivity contribution >= 4 is 11.9 Å². The normalized spacial score (nSPS) is 20.4. The third-order valence-corrected chi connectivity index (χ3v) is 5.46. The van der Waals surface area contributed by atoms with Gasteiger partial charge in [0, 0.05) is 26.2 Å². The molecule has 1 aromatic carbocycles. The molecule has 6 nitrogen and oxygen atoms in total. The van der Waals surface area contributed by atoms with Crippen LogP contribution in [0.2, 0.25) is 0 Å². The van der Waals surface area contributed by atoms with E-state index in [1.807, 2.05) is 18.2 Å². The molecule has 0 unspecified atom stereocenters. The van der Waals surface area contributed by atoms with Crippen LogP contribution >= 0.6 is 0 Å². The van der Waals surface area contributed by atoms with Crippen LogP contribution in [-0.2, 0) is 10.3 Å². The van der Waals surface area contributed by atoms with Gasteiger partial charge in [0.05, 0.1) is 12.1 Å². The summed E-state index contributed by atoms with van der Waals surface area (Å²) < 4.78 is 0. The third-order valence-electron chi connectivity index (χ3n) is 5.46. The van der Waals surface area contributed by atoms with Gasteiger partial charge in [-0.15, -0.1) is 0 Å². The van der Waals surface area contributed by atoms with Crippen molar-refractivity contribution in [3.05, 3.63) is 35.9 Å². The predicted molar refractivity (Wildman–Crippen MR) is 97.2 cm³/mol. The Kier molecular flexibility index (Phi) is 5.58. The zero-order valence-corrected chi connectivity index (χ0v) is 14.9. The highest BCUT2D eigenvalue weighted by Gasteiger charge is 2.40. The van der Waals surface area contributed by atoms with Crippen molar-refractivity contribution in [2.24, 2.45) is 0 Å². The summed E-state index contributed by atoms with van der Waals surface area (Å²) in [4.78, 5) is 26.1. The lowest BCUT2D eigenvalue weighted by Gasteiger charge is -2.43. The fourth-order valence-electron chi connectivity index (χ4n) is 3.73. The van der Waals surface area contributed by atoms with E-state index in [9.17, 15) is 9.59 Å². The highest BCUT2D eigenvalue weighted by atomic mass is 16.2. The number of benzene rings is 1. The summed E-state index contributed by atoms with van der Waals surface area (Å²) in [7, 11) is 1.66. The molecule has 0 atom stereocenters. The molecule has 25 heavy (non-hydrogen) atoms. The molecule has 1 aromatic rings. The van der Waals surface area contributed by atoms with Gasteiger partial charge in [0.15, 0.2) is 0 Å². The van der Waals surface area contributed by atoms with Crippen molar-refractivity contribution in [3.63, 3.8) is 0 Å². The first-order valence-corrected chi connectivity index (χ1v) is 9.18. The standard InChI is InChI=1S/C19H28N4O2/c1-20-17(24)14-23-12-8-16(9-13-23)21-18(25)22-19(10-5-11-19)15-6-3-2-4-7-15/h2-4,6-7,16H,5,8-14H2,1H3,(H,20,24)(H2,21,22,25). The van der Waals surface area contributed by atoms with Gasteiger partial charge in [0.2, 0.25) is 5.91 Å². The number of carbonyl (C=O) groups excluding carboxylic acids is 2. The SMILES string of the molecule is CNC(=O)CN1CCC(NC(=O)NC2(c3ccccc3)CCC2)CC1. The Morgan fingerprint density at radius 3 is 2.40 bits per heavy atom. The van der Waals surface area contributed by atoms with Crippen LogP contribution in [-0.4, -0.2) is 49.6 Å². The fourth-order valence-corrected chi connectivity index (χ4v) is 3.73. The van der Waals surface area contributed by atoms with Crippen molar-refractivity contribution in [2.75, 3.05) is 26.7 Å². The first-order chi connectivity index (χ1) is 12.1. The zero-order chi connectivity index (χ0) is 17.7. The molecule has 3 rings (SSSR count). The van der Waals surface area contributed by atoms with E-state index >= 15 is 0 Å². The minimum absolute atomic E-state index is 0.0407. The molecule has 0 aromatic heterocycles. The van der Waals surface area contributed by atoms with Crippen LogP contribution in [0.5, 0.6) is 0 Å². The maximum Gasteiger partial charge on any atom is 0.315 e. The van der Waals surface area contributed by atoms with Crippen molar-refractivity contribution in [2.45, 2.75) is 43.7 Å². The molecule has 6 heteroatoms. The van der Waals surface area contributed by atoms with Crippen LogP contribution in [0, 0.1) is 0 Å². The molecular weight excluding hydrogens is 316 g/mol. The van der Waals surface area contributed by atoms with Crippen molar-refractivity contribution in [1.29, 1.82) is 0 Å². The summed E-state index contributed by atoms with van der Waals surface area (Å²) in [5, 5.41) is 8.99. The van der Waals surface area contributed by atoms with Gasteiger partial charge in [-0.3, -0.25) is 9.69 Å². The largest absolute Gasteiger partial charge is 0.358 e. The maximum atomic E-state index is 12.5. The van der Waals surface area contributed by atoms with Gasteiger partial charge in [0.25, 0.3) is 0 Å². The van der Waals surface area contributed by atoms with Gasteiger partial charge in [-0.05, 0) is 37.7 Å². The molecule has 2 aliphatic rings. The monoisotopic (exact) mass is 344 g/mol. The Balaban J connectivity index is 1.48. The molecule has 136 valence electrons. The first-order valence-electron chi connectivity index (χ1n) is 9.18. The Bertz CT molecular complexity index is 593. The second kappa shape index (κ2) is 7.87. The maximum absolute atomic E-state index is 12.5. The highest BCUT2D eigenvalue weighted by Crippen LogP contribution is 2.41. The number of likely N-dealkylation sites (tertiary alicyclic amines) is 1. The fraction of sp³-hybridized carbons (Fsp3) is 0.579. The number of hydrogen-bond acceptors (Lipinski definition) is 3. The number of amides is 3. The molecule has 1 saturated heterocycles. The predicted octanol–water partition coefficient (Wildman–Crippen LogP) is 1.58. The van der Waals surface area contributed by atoms with Crippen LogP contribution in [0.1, 0.15) is 37.7 Å². The minimum Gasteiger partial charge on any atom is -0.358 e. The van der Waals surface area contributed by atoms with Crippen molar-refractivity contribution in [3.8, 4) is 0 Å². The summed E-state index contributed by atoms with van der Waals surface area (Å²) in [6, 6.07) is 10.3. The second-order valence-corrected chi connectivity index (χ2v) is 7.12. The summed E-state index contributed by atoms with van der Waals surface area (Å²) in [6.07, 6.45) is 4.89. The molecular formula is C19H28N4O2. The van der Waals surface area contributed by atoms with E-state index in [1.54, 1.807) is 7.05 Å². The summed E-state index contributed by atoms with van der Waals surface area (Å²) in [5.41, 5.74) is 0.988. The molecule has 1 heterocycles. The first kappa shape index (κ1) is 17.7. The van der Waals surface area contributed by atoms with Gasteiger partial charge in [-0.2, -0.15) is 0 Å². The van der Waals surface area contributed by atoms with E-state index in [1.165, 1.54) is 5.56 Å². The highest BCUT2D eigenvalue weighted by molar-refractivity contribution is 5.77. The van der Waals surface area contributed by atoms with Gasteiger partial charge in [-0.1, -0.05) is 30.3 Å². The van der Waals surface area contributed by atoms with Gasteiger partial charge in [-0.25, -0.2) is 4.79 Å². The molecule has 1 aliphatic carbocycles. The van der Waals surface area contributed by atoms with Crippen LogP contribution in [0.3, 0.4) is 0 Å². The lowest BCUT2D eigenvalue weighted by molar-refractivity contribution is -0.122. The number of carbonyl (C=O) groups is 2. The smallest absolute Gasteiger partial charge is 0.315 e. The Labute approximate surface area is 149 Å². The summed E-state index contributed by atoms with van der Waals surface area (Å²) in [6.45, 7) is 2.11. The van der Waals surface area contributed by atoms with Gasteiger partial charge < -0.3 is 16.0 Å². The average molecular weight is 344 g/mol. The number of nitrogens with zero attached hydrogens (tertiary/aromatic N) is 1. The lowest BCUT2D eigenvalue weighted by Crippen LogP contribution is -2.56. The molecule has 3 N–H and O–H groups in total. The van der Waals surface area contributed by atoms with Crippen molar-refractivity contribution < 1.29 is 9.59 Å². The van der Waals surface area contributed by atoms with Crippen LogP contribution in [0.4, 0.5) is 4.79 Å². The van der Waals surface area contributed by atoms with Crippen molar-refractivity contribution in [1.82, 2.24) is 20.9 Å². The zero-order valence-electron chi connectivity index (χ0n) is 14.9. The summed E-state index contributed by atoms with van der Waals surface area (Å²) in [5.74, 6) is 0.0407. The topological polar surface area (TPSA) is 73.5 Å². The molecule has 2 fully saturated rings. The number of piperidine rings is 1. The van der Waals surface area contributed by atoms with Crippen LogP contribution < -0.4 is 16.0 Å². The van der Waals surface area contributed by atoms with E-state index in [0.29, 0.717) is 6.54 Å². The van der Waals surface area contributed by atoms with E-state index in [0.717, 1.165) is 45.2 Å². The quantitative estimate of drug-likeness (QED) is 0.759. The summed E-state index contributed by atoms with van der Waals surface area (Å²) >= 11 is 0. The Morgan fingerprint density at radius 1 is 1.16 bits per heavy atom. The van der Waals surface area contributed by atoms with Gasteiger partial charge >= 0.3 is 6.03 Å². The lowest BCUT2D eigenvalue weighted by atomic mass is 9.72. The molecule has 1 aliphatic heterocycles. The molecule has 0 radical (unpaired) electrons. The Hall–Kier alpha value is -2.08. The molecule has 0 spiro atoms. The minimum atomic E-state index is -0.203. The van der Waals surface area contributed by atoms with E-state index in [4.69, 9.17) is 0 Å². The average Bonchev–Trinajstić information content (AvgIpc) is 2.60. The van der Waals surface area contributed by atoms with E-state index in [2.05, 4.69) is 33.0 Å². The number of hydrogen-bond donors (Lipinski definition) is 3. The van der Waals surface area contributed by atoms with Crippen LogP contribution in [0.25, 0.3) is 0 Å². The molecule has 0 bridgehead atoms.